The number of amides is 2. The van der Waals surface area contributed by atoms with Crippen LogP contribution in [0.3, 0.4) is 0 Å². The van der Waals surface area contributed by atoms with Gasteiger partial charge in [-0.1, -0.05) is 12.1 Å². The molecule has 1 aliphatic carbocycles. The average molecular weight is 370 g/mol. The summed E-state index contributed by atoms with van der Waals surface area (Å²) in [5.41, 5.74) is 0.179. The first-order chi connectivity index (χ1) is 11.2. The maximum Gasteiger partial charge on any atom is 0.256 e. The van der Waals surface area contributed by atoms with Gasteiger partial charge in [0.15, 0.2) is 0 Å². The van der Waals surface area contributed by atoms with Gasteiger partial charge >= 0.3 is 0 Å². The number of nitrogens with zero attached hydrogens (tertiary/aromatic N) is 2. The quantitative estimate of drug-likeness (QED) is 0.833. The number of carbonyl (C=O) groups excluding carboxylic acids is 2. The number of para-hydroxylation sites is 1. The number of hydrogen-bond donors (Lipinski definition) is 1. The van der Waals surface area contributed by atoms with Gasteiger partial charge in [0, 0.05) is 26.2 Å². The Hall–Kier alpha value is -1.30. The van der Waals surface area contributed by atoms with Gasteiger partial charge in [0.1, 0.15) is 4.33 Å². The Morgan fingerprint density at radius 3 is 2.29 bits per heavy atom. The molecule has 0 bridgehead atoms. The molecule has 2 aliphatic rings. The zero-order chi connectivity index (χ0) is 17.5. The molecule has 1 aromatic carbocycles. The van der Waals surface area contributed by atoms with Crippen LogP contribution in [0.15, 0.2) is 24.3 Å². The fourth-order valence-electron chi connectivity index (χ4n) is 2.86. The van der Waals surface area contributed by atoms with Crippen molar-refractivity contribution in [3.63, 3.8) is 0 Å². The minimum absolute atomic E-state index is 0.0667. The van der Waals surface area contributed by atoms with Crippen molar-refractivity contribution in [2.75, 3.05) is 38.5 Å². The third kappa shape index (κ3) is 3.13. The maximum absolute atomic E-state index is 12.8. The van der Waals surface area contributed by atoms with Crippen molar-refractivity contribution < 1.29 is 9.59 Å². The van der Waals surface area contributed by atoms with E-state index in [1.54, 1.807) is 31.2 Å². The standard InChI is InChI=1S/C17H21Cl2N3O2/c1-16(11-17(16,18)19)15(24)20-13-6-4-3-5-12(13)14(23)22-9-7-21(2)8-10-22/h3-6H,7-11H2,1-2H3,(H,20,24). The Labute approximate surface area is 151 Å². The Bertz CT molecular complexity index is 672. The van der Waals surface area contributed by atoms with E-state index in [0.717, 1.165) is 13.1 Å². The van der Waals surface area contributed by atoms with Crippen molar-refractivity contribution in [1.29, 1.82) is 0 Å². The first-order valence-electron chi connectivity index (χ1n) is 8.01. The predicted octanol–water partition coefficient (Wildman–Crippen LogP) is 2.60. The van der Waals surface area contributed by atoms with Crippen LogP contribution in [-0.4, -0.2) is 59.2 Å². The third-order valence-electron chi connectivity index (χ3n) is 4.96. The smallest absolute Gasteiger partial charge is 0.256 e. The largest absolute Gasteiger partial charge is 0.336 e. The molecule has 1 saturated carbocycles. The van der Waals surface area contributed by atoms with E-state index in [2.05, 4.69) is 10.2 Å². The van der Waals surface area contributed by atoms with Gasteiger partial charge in [-0.05, 0) is 32.5 Å². The van der Waals surface area contributed by atoms with E-state index in [0.29, 0.717) is 30.8 Å². The second kappa shape index (κ2) is 6.21. The molecule has 0 aromatic heterocycles. The lowest BCUT2D eigenvalue weighted by Crippen LogP contribution is -2.47. The van der Waals surface area contributed by atoms with E-state index in [4.69, 9.17) is 23.2 Å². The summed E-state index contributed by atoms with van der Waals surface area (Å²) in [7, 11) is 2.04. The van der Waals surface area contributed by atoms with Gasteiger partial charge in [-0.3, -0.25) is 9.59 Å². The molecule has 1 unspecified atom stereocenters. The highest BCUT2D eigenvalue weighted by Crippen LogP contribution is 2.64. The van der Waals surface area contributed by atoms with E-state index in [1.165, 1.54) is 0 Å². The number of rotatable bonds is 3. The summed E-state index contributed by atoms with van der Waals surface area (Å²) in [6.45, 7) is 4.79. The van der Waals surface area contributed by atoms with Gasteiger partial charge in [0.2, 0.25) is 5.91 Å². The number of carbonyl (C=O) groups is 2. The van der Waals surface area contributed by atoms with Crippen molar-refractivity contribution in [2.24, 2.45) is 5.41 Å². The fourth-order valence-corrected chi connectivity index (χ4v) is 3.57. The van der Waals surface area contributed by atoms with E-state index in [1.807, 2.05) is 11.9 Å². The molecule has 7 heteroatoms. The summed E-state index contributed by atoms with van der Waals surface area (Å²) in [4.78, 5) is 29.3. The maximum atomic E-state index is 12.8. The molecule has 0 spiro atoms. The van der Waals surface area contributed by atoms with Crippen LogP contribution < -0.4 is 5.32 Å². The fraction of sp³-hybridized carbons (Fsp3) is 0.529. The molecule has 1 atom stereocenters. The number of hydrogen-bond acceptors (Lipinski definition) is 3. The molecule has 2 amide bonds. The Balaban J connectivity index is 1.76. The molecule has 130 valence electrons. The molecule has 24 heavy (non-hydrogen) atoms. The van der Waals surface area contributed by atoms with Crippen molar-refractivity contribution >= 4 is 40.7 Å². The molecule has 3 rings (SSSR count). The average Bonchev–Trinajstić information content (AvgIpc) is 3.08. The Kier molecular flexibility index (Phi) is 4.53. The van der Waals surface area contributed by atoms with Crippen LogP contribution in [0.1, 0.15) is 23.7 Å². The van der Waals surface area contributed by atoms with E-state index in [9.17, 15) is 9.59 Å². The number of piperazine rings is 1. The highest BCUT2D eigenvalue weighted by molar-refractivity contribution is 6.53. The molecule has 0 radical (unpaired) electrons. The number of nitrogens with one attached hydrogen (secondary N) is 1. The van der Waals surface area contributed by atoms with E-state index >= 15 is 0 Å². The SMILES string of the molecule is CN1CCN(C(=O)c2ccccc2NC(=O)C2(C)CC2(Cl)Cl)CC1. The van der Waals surface area contributed by atoms with Crippen LogP contribution in [-0.2, 0) is 4.79 Å². The highest BCUT2D eigenvalue weighted by Gasteiger charge is 2.67. The lowest BCUT2D eigenvalue weighted by Gasteiger charge is -2.32. The van der Waals surface area contributed by atoms with Crippen LogP contribution in [0.2, 0.25) is 0 Å². The zero-order valence-electron chi connectivity index (χ0n) is 13.8. The molecule has 1 N–H and O–H groups in total. The normalized spacial score (nSPS) is 26.1. The predicted molar refractivity (Wildman–Crippen MR) is 95.6 cm³/mol. The van der Waals surface area contributed by atoms with E-state index < -0.39 is 9.75 Å². The topological polar surface area (TPSA) is 52.6 Å². The minimum atomic E-state index is -1.03. The third-order valence-corrected chi connectivity index (χ3v) is 6.06. The summed E-state index contributed by atoms with van der Waals surface area (Å²) in [5.74, 6) is -0.325. The minimum Gasteiger partial charge on any atom is -0.336 e. The zero-order valence-corrected chi connectivity index (χ0v) is 15.3. The van der Waals surface area contributed by atoms with Crippen LogP contribution in [0.5, 0.6) is 0 Å². The van der Waals surface area contributed by atoms with Crippen LogP contribution in [0.25, 0.3) is 0 Å². The van der Waals surface area contributed by atoms with Crippen LogP contribution in [0.4, 0.5) is 5.69 Å². The molecule has 1 aromatic rings. The molecular weight excluding hydrogens is 349 g/mol. The number of benzene rings is 1. The molecule has 5 nitrogen and oxygen atoms in total. The van der Waals surface area contributed by atoms with Crippen molar-refractivity contribution in [3.05, 3.63) is 29.8 Å². The van der Waals surface area contributed by atoms with Crippen molar-refractivity contribution in [1.82, 2.24) is 9.80 Å². The van der Waals surface area contributed by atoms with Crippen molar-refractivity contribution in [3.8, 4) is 0 Å². The van der Waals surface area contributed by atoms with Gasteiger partial charge in [-0.25, -0.2) is 0 Å². The Morgan fingerprint density at radius 1 is 1.12 bits per heavy atom. The highest BCUT2D eigenvalue weighted by atomic mass is 35.5. The number of alkyl halides is 2. The van der Waals surface area contributed by atoms with Gasteiger partial charge in [0.25, 0.3) is 5.91 Å². The monoisotopic (exact) mass is 369 g/mol. The summed E-state index contributed by atoms with van der Waals surface area (Å²) in [6.07, 6.45) is 0.406. The second-order valence-corrected chi connectivity index (χ2v) is 8.29. The molecule has 1 aliphatic heterocycles. The van der Waals surface area contributed by atoms with Gasteiger partial charge in [-0.15, -0.1) is 23.2 Å². The first kappa shape index (κ1) is 17.5. The van der Waals surface area contributed by atoms with Crippen molar-refractivity contribution in [2.45, 2.75) is 17.7 Å². The van der Waals surface area contributed by atoms with Crippen LogP contribution >= 0.6 is 23.2 Å². The molecule has 2 fully saturated rings. The first-order valence-corrected chi connectivity index (χ1v) is 8.76. The molecular formula is C17H21Cl2N3O2. The summed E-state index contributed by atoms with van der Waals surface area (Å²) in [6, 6.07) is 7.06. The number of likely N-dealkylation sites (N-methyl/N-ethyl adjacent to an activating group) is 1. The lowest BCUT2D eigenvalue weighted by molar-refractivity contribution is -0.120. The molecule has 1 saturated heterocycles. The van der Waals surface area contributed by atoms with Gasteiger partial charge in [-0.2, -0.15) is 0 Å². The lowest BCUT2D eigenvalue weighted by atomic mass is 10.1. The van der Waals surface area contributed by atoms with E-state index in [-0.39, 0.29) is 11.8 Å². The number of halogens is 2. The summed E-state index contributed by atoms with van der Waals surface area (Å²) < 4.78 is -1.03. The van der Waals surface area contributed by atoms with Gasteiger partial charge in [0.05, 0.1) is 16.7 Å². The second-order valence-electron chi connectivity index (χ2n) is 6.81. The Morgan fingerprint density at radius 2 is 1.71 bits per heavy atom. The molecule has 1 heterocycles. The van der Waals surface area contributed by atoms with Gasteiger partial charge < -0.3 is 15.1 Å². The van der Waals surface area contributed by atoms with Crippen LogP contribution in [0, 0.1) is 5.41 Å². The summed E-state index contributed by atoms with van der Waals surface area (Å²) >= 11 is 12.1. The number of anilines is 1. The summed E-state index contributed by atoms with van der Waals surface area (Å²) in [5, 5.41) is 2.83.